The summed E-state index contributed by atoms with van der Waals surface area (Å²) in [5.74, 6) is 0.172. The summed E-state index contributed by atoms with van der Waals surface area (Å²) in [7, 11) is 0. The minimum absolute atomic E-state index is 0.0597. The van der Waals surface area contributed by atoms with Gasteiger partial charge in [-0.3, -0.25) is 9.36 Å². The van der Waals surface area contributed by atoms with Gasteiger partial charge >= 0.3 is 5.82 Å². The molecule has 110 valence electrons. The van der Waals surface area contributed by atoms with E-state index in [4.69, 9.17) is 5.73 Å². The van der Waals surface area contributed by atoms with Gasteiger partial charge in [0.15, 0.2) is 0 Å². The molecule has 8 heteroatoms. The van der Waals surface area contributed by atoms with Crippen LogP contribution in [0.15, 0.2) is 6.20 Å². The number of aromatic nitrogens is 2. The highest BCUT2D eigenvalue weighted by Gasteiger charge is 2.26. The summed E-state index contributed by atoms with van der Waals surface area (Å²) in [6.07, 6.45) is 4.28. The van der Waals surface area contributed by atoms with Crippen LogP contribution in [0.4, 0.5) is 5.82 Å². The Bertz CT molecular complexity index is 513. The van der Waals surface area contributed by atoms with Gasteiger partial charge in [0.2, 0.25) is 11.7 Å². The van der Waals surface area contributed by atoms with E-state index < -0.39 is 4.92 Å². The van der Waals surface area contributed by atoms with E-state index in [1.165, 1.54) is 10.8 Å². The number of hydrogen-bond donors (Lipinski definition) is 1. The smallest absolute Gasteiger partial charge is 0.358 e. The number of nitrogens with two attached hydrogens (primary N) is 1. The molecule has 20 heavy (non-hydrogen) atoms. The van der Waals surface area contributed by atoms with Gasteiger partial charge in [0, 0.05) is 26.1 Å². The molecule has 1 aliphatic rings. The average Bonchev–Trinajstić information content (AvgIpc) is 2.80. The number of nitro groups is 1. The first-order chi connectivity index (χ1) is 9.52. The van der Waals surface area contributed by atoms with Crippen molar-refractivity contribution >= 4 is 11.7 Å². The highest BCUT2D eigenvalue weighted by Crippen LogP contribution is 2.17. The van der Waals surface area contributed by atoms with Crippen LogP contribution in [-0.2, 0) is 11.3 Å². The van der Waals surface area contributed by atoms with E-state index in [1.807, 2.05) is 0 Å². The van der Waals surface area contributed by atoms with Crippen molar-refractivity contribution in [2.24, 2.45) is 5.73 Å². The SMILES string of the molecule is Cc1nc([N+](=O)[O-])cn1CC(=O)N1CCCCC1CN. The summed E-state index contributed by atoms with van der Waals surface area (Å²) >= 11 is 0. The predicted molar refractivity (Wildman–Crippen MR) is 72.0 cm³/mol. The molecule has 1 aromatic rings. The largest absolute Gasteiger partial charge is 0.381 e. The third kappa shape index (κ3) is 2.96. The van der Waals surface area contributed by atoms with Crippen molar-refractivity contribution in [1.82, 2.24) is 14.5 Å². The molecule has 0 spiro atoms. The van der Waals surface area contributed by atoms with Crippen LogP contribution < -0.4 is 5.73 Å². The van der Waals surface area contributed by atoms with Crippen LogP contribution in [0.25, 0.3) is 0 Å². The molecule has 1 aromatic heterocycles. The maximum atomic E-state index is 12.3. The molecule has 0 saturated carbocycles. The van der Waals surface area contributed by atoms with Crippen molar-refractivity contribution in [2.45, 2.75) is 38.8 Å². The zero-order valence-electron chi connectivity index (χ0n) is 11.5. The van der Waals surface area contributed by atoms with E-state index in [-0.39, 0.29) is 24.3 Å². The molecule has 0 bridgehead atoms. The molecule has 2 N–H and O–H groups in total. The summed E-state index contributed by atoms with van der Waals surface area (Å²) in [6.45, 7) is 2.88. The van der Waals surface area contributed by atoms with Crippen LogP contribution in [-0.4, -0.2) is 44.4 Å². The van der Waals surface area contributed by atoms with Crippen LogP contribution in [0.5, 0.6) is 0 Å². The standard InChI is InChI=1S/C12H19N5O3/c1-9-14-11(17(19)20)7-15(9)8-12(18)16-5-3-2-4-10(16)6-13/h7,10H,2-6,8,13H2,1H3. The second kappa shape index (κ2) is 6.00. The number of aryl methyl sites for hydroxylation is 1. The van der Waals surface area contributed by atoms with Gasteiger partial charge in [-0.15, -0.1) is 0 Å². The number of amides is 1. The molecule has 1 atom stereocenters. The summed E-state index contributed by atoms with van der Waals surface area (Å²) in [4.78, 5) is 28.0. The van der Waals surface area contributed by atoms with Gasteiger partial charge in [0.1, 0.15) is 12.7 Å². The van der Waals surface area contributed by atoms with Gasteiger partial charge in [0.05, 0.1) is 0 Å². The Hall–Kier alpha value is -1.96. The molecule has 2 heterocycles. The molecule has 1 saturated heterocycles. The van der Waals surface area contributed by atoms with Crippen molar-refractivity contribution in [3.8, 4) is 0 Å². The Labute approximate surface area is 116 Å². The summed E-state index contributed by atoms with van der Waals surface area (Å²) in [5.41, 5.74) is 5.70. The van der Waals surface area contributed by atoms with E-state index in [2.05, 4.69) is 4.98 Å². The Morgan fingerprint density at radius 3 is 2.95 bits per heavy atom. The number of piperidine rings is 1. The van der Waals surface area contributed by atoms with Gasteiger partial charge in [-0.1, -0.05) is 0 Å². The zero-order valence-corrected chi connectivity index (χ0v) is 11.5. The quantitative estimate of drug-likeness (QED) is 0.636. The number of nitrogens with zero attached hydrogens (tertiary/aromatic N) is 4. The number of imidazole rings is 1. The van der Waals surface area contributed by atoms with Crippen molar-refractivity contribution in [3.63, 3.8) is 0 Å². The van der Waals surface area contributed by atoms with Gasteiger partial charge in [-0.25, -0.2) is 0 Å². The van der Waals surface area contributed by atoms with Crippen molar-refractivity contribution < 1.29 is 9.72 Å². The van der Waals surface area contributed by atoms with E-state index in [0.717, 1.165) is 19.3 Å². The van der Waals surface area contributed by atoms with Crippen LogP contribution >= 0.6 is 0 Å². The van der Waals surface area contributed by atoms with Gasteiger partial charge in [-0.05, 0) is 29.2 Å². The topological polar surface area (TPSA) is 107 Å². The number of likely N-dealkylation sites (tertiary alicyclic amines) is 1. The normalized spacial score (nSPS) is 19.1. The molecular weight excluding hydrogens is 262 g/mol. The fraction of sp³-hybridized carbons (Fsp3) is 0.667. The summed E-state index contributed by atoms with van der Waals surface area (Å²) in [6, 6.07) is 0.0788. The lowest BCUT2D eigenvalue weighted by Gasteiger charge is -2.35. The second-order valence-corrected chi connectivity index (χ2v) is 5.00. The Morgan fingerprint density at radius 1 is 1.60 bits per heavy atom. The van der Waals surface area contributed by atoms with E-state index in [1.54, 1.807) is 11.8 Å². The molecule has 8 nitrogen and oxygen atoms in total. The molecule has 0 radical (unpaired) electrons. The minimum atomic E-state index is -0.558. The van der Waals surface area contributed by atoms with Crippen LogP contribution in [0, 0.1) is 17.0 Å². The fourth-order valence-electron chi connectivity index (χ4n) is 2.55. The first kappa shape index (κ1) is 14.4. The molecule has 1 amide bonds. The first-order valence-corrected chi connectivity index (χ1v) is 6.70. The molecule has 2 rings (SSSR count). The number of hydrogen-bond acceptors (Lipinski definition) is 5. The van der Waals surface area contributed by atoms with Gasteiger partial charge < -0.3 is 20.7 Å². The van der Waals surface area contributed by atoms with Crippen LogP contribution in [0.3, 0.4) is 0 Å². The molecular formula is C12H19N5O3. The lowest BCUT2D eigenvalue weighted by molar-refractivity contribution is -0.389. The third-order valence-corrected chi connectivity index (χ3v) is 3.68. The average molecular weight is 281 g/mol. The minimum Gasteiger partial charge on any atom is -0.358 e. The van der Waals surface area contributed by atoms with Crippen LogP contribution in [0.1, 0.15) is 25.1 Å². The third-order valence-electron chi connectivity index (χ3n) is 3.68. The molecule has 0 aromatic carbocycles. The van der Waals surface area contributed by atoms with E-state index in [0.29, 0.717) is 18.9 Å². The van der Waals surface area contributed by atoms with Crippen molar-refractivity contribution in [1.29, 1.82) is 0 Å². The Balaban J connectivity index is 2.08. The lowest BCUT2D eigenvalue weighted by atomic mass is 10.0. The number of rotatable bonds is 4. The number of carbonyl (C=O) groups excluding carboxylic acids is 1. The molecule has 1 aliphatic heterocycles. The molecule has 1 fully saturated rings. The van der Waals surface area contributed by atoms with Gasteiger partial charge in [-0.2, -0.15) is 0 Å². The lowest BCUT2D eigenvalue weighted by Crippen LogP contribution is -2.48. The molecule has 1 unspecified atom stereocenters. The highest BCUT2D eigenvalue weighted by molar-refractivity contribution is 5.76. The maximum absolute atomic E-state index is 12.3. The fourth-order valence-corrected chi connectivity index (χ4v) is 2.55. The van der Waals surface area contributed by atoms with Crippen LogP contribution in [0.2, 0.25) is 0 Å². The Kier molecular flexibility index (Phi) is 4.33. The van der Waals surface area contributed by atoms with Gasteiger partial charge in [0.25, 0.3) is 0 Å². The number of carbonyl (C=O) groups is 1. The Morgan fingerprint density at radius 2 is 2.35 bits per heavy atom. The second-order valence-electron chi connectivity index (χ2n) is 5.00. The maximum Gasteiger partial charge on any atom is 0.381 e. The van der Waals surface area contributed by atoms with Crippen molar-refractivity contribution in [3.05, 3.63) is 22.1 Å². The summed E-state index contributed by atoms with van der Waals surface area (Å²) in [5, 5.41) is 10.7. The first-order valence-electron chi connectivity index (χ1n) is 6.70. The van der Waals surface area contributed by atoms with E-state index in [9.17, 15) is 14.9 Å². The highest BCUT2D eigenvalue weighted by atomic mass is 16.6. The monoisotopic (exact) mass is 281 g/mol. The predicted octanol–water partition coefficient (Wildman–Crippen LogP) is 0.440. The molecule has 0 aliphatic carbocycles. The zero-order chi connectivity index (χ0) is 14.7. The van der Waals surface area contributed by atoms with Crippen molar-refractivity contribution in [2.75, 3.05) is 13.1 Å². The summed E-state index contributed by atoms with van der Waals surface area (Å²) < 4.78 is 1.52. The van der Waals surface area contributed by atoms with E-state index >= 15 is 0 Å².